The Bertz CT molecular complexity index is 2940. The standard InChI is InChI=1S/C53H70N16O9/c1-30(70)63-39(15-8-19-54)47(73)69-44-26-45(71)59-20-7-6-14-38(46(55)72)64-50(76)42(24-34-27-61-37-13-5-4-12-36(34)37)67-48(74)40(16-9-21-60-53(56)57)65-49(75)41(23-31-17-18-32-10-2-3-11-33(32)22-31)66-51(77)43(68-52(44)78)25-35-28-58-29-62-35/h2-5,10-13,17-18,22,27-29,38-44,61H,6-9,14-16,19-21,23-26,54H2,1H3,(H2,55,72)(H,58,62)(H,59,71)(H,63,70)(H,64,76)(H,65,75)(H,66,77)(H,67,74)(H,68,78)(H,69,73)(H4,56,57,60)/t38-,39-,40-,41+,42-,43-,44-/m0/s1. The number of rotatable bonds is 17. The molecule has 1 saturated heterocycles. The average Bonchev–Trinajstić information content (AvgIpc) is 4.10. The second kappa shape index (κ2) is 28.9. The molecule has 7 atom stereocenters. The summed E-state index contributed by atoms with van der Waals surface area (Å²) in [5.74, 6) is -7.31. The maximum absolute atomic E-state index is 14.9. The Morgan fingerprint density at radius 3 is 2.12 bits per heavy atom. The van der Waals surface area contributed by atoms with E-state index in [0.717, 1.165) is 21.7 Å². The van der Waals surface area contributed by atoms with Gasteiger partial charge in [-0.25, -0.2) is 4.98 Å². The van der Waals surface area contributed by atoms with Crippen LogP contribution >= 0.6 is 0 Å². The van der Waals surface area contributed by atoms with E-state index in [0.29, 0.717) is 23.2 Å². The molecule has 18 N–H and O–H groups in total. The number of primary amides is 1. The largest absolute Gasteiger partial charge is 0.370 e. The van der Waals surface area contributed by atoms with Crippen molar-refractivity contribution >= 4 is 80.8 Å². The SMILES string of the molecule is CC(=O)N[C@@H](CCCN)C(=O)N[C@H]1CC(=O)NCCCC[C@@H](C(N)=O)NC(=O)[C@H](Cc2c[nH]c3ccccc23)NC(=O)[C@H](CCCN=C(N)N)NC(=O)[C@@H](Cc2ccc3ccccc3c2)NC(=O)[C@H](Cc2cnc[nH]2)NC1=O. The fourth-order valence-corrected chi connectivity index (χ4v) is 9.06. The zero-order valence-electron chi connectivity index (χ0n) is 43.4. The minimum Gasteiger partial charge on any atom is -0.370 e. The van der Waals surface area contributed by atoms with Gasteiger partial charge < -0.3 is 75.4 Å². The molecule has 0 unspecified atom stereocenters. The molecule has 6 rings (SSSR count). The molecule has 1 aliphatic rings. The Hall–Kier alpha value is -8.87. The van der Waals surface area contributed by atoms with Crippen LogP contribution in [0.3, 0.4) is 0 Å². The van der Waals surface area contributed by atoms with Crippen LogP contribution < -0.4 is 65.5 Å². The number of amides is 9. The number of fused-ring (bicyclic) bond motifs is 2. The first-order chi connectivity index (χ1) is 37.5. The molecule has 9 amide bonds. The highest BCUT2D eigenvalue weighted by Crippen LogP contribution is 2.21. The second-order valence-corrected chi connectivity index (χ2v) is 19.2. The van der Waals surface area contributed by atoms with Gasteiger partial charge in [0, 0.05) is 68.3 Å². The minimum absolute atomic E-state index is 0.0276. The van der Waals surface area contributed by atoms with Crippen LogP contribution in [0.2, 0.25) is 0 Å². The van der Waals surface area contributed by atoms with Crippen molar-refractivity contribution in [3.8, 4) is 0 Å². The third kappa shape index (κ3) is 17.6. The molecule has 3 heterocycles. The highest BCUT2D eigenvalue weighted by atomic mass is 16.2. The minimum atomic E-state index is -1.62. The molecule has 78 heavy (non-hydrogen) atoms. The smallest absolute Gasteiger partial charge is 0.243 e. The molecule has 25 nitrogen and oxygen atoms in total. The highest BCUT2D eigenvalue weighted by Gasteiger charge is 2.35. The lowest BCUT2D eigenvalue weighted by molar-refractivity contribution is -0.136. The van der Waals surface area contributed by atoms with Gasteiger partial charge in [0.1, 0.15) is 42.3 Å². The van der Waals surface area contributed by atoms with Gasteiger partial charge >= 0.3 is 0 Å². The van der Waals surface area contributed by atoms with E-state index < -0.39 is 102 Å². The molecule has 5 aromatic rings. The number of guanidine groups is 1. The number of carbonyl (C=O) groups is 9. The molecule has 1 aliphatic heterocycles. The summed E-state index contributed by atoms with van der Waals surface area (Å²) in [6, 6.07) is 10.7. The first-order valence-corrected chi connectivity index (χ1v) is 25.9. The van der Waals surface area contributed by atoms with Crippen molar-refractivity contribution in [1.82, 2.24) is 57.5 Å². The monoisotopic (exact) mass is 1070 g/mol. The maximum Gasteiger partial charge on any atom is 0.243 e. The van der Waals surface area contributed by atoms with E-state index in [1.165, 1.54) is 19.4 Å². The van der Waals surface area contributed by atoms with Crippen LogP contribution in [-0.2, 0) is 62.4 Å². The van der Waals surface area contributed by atoms with E-state index >= 15 is 0 Å². The summed E-state index contributed by atoms with van der Waals surface area (Å²) >= 11 is 0. The summed E-state index contributed by atoms with van der Waals surface area (Å²) in [5.41, 5.74) is 25.2. The Balaban J connectivity index is 1.41. The summed E-state index contributed by atoms with van der Waals surface area (Å²) < 4.78 is 0. The van der Waals surface area contributed by atoms with E-state index in [-0.39, 0.29) is 83.4 Å². The summed E-state index contributed by atoms with van der Waals surface area (Å²) in [7, 11) is 0. The number of aliphatic imine (C=N–C) groups is 1. The van der Waals surface area contributed by atoms with Crippen LogP contribution in [0, 0.1) is 0 Å². The van der Waals surface area contributed by atoms with Crippen molar-refractivity contribution in [3.63, 3.8) is 0 Å². The molecule has 0 saturated carbocycles. The van der Waals surface area contributed by atoms with Gasteiger partial charge in [-0.15, -0.1) is 0 Å². The van der Waals surface area contributed by atoms with Crippen molar-refractivity contribution in [3.05, 3.63) is 102 Å². The van der Waals surface area contributed by atoms with Crippen LogP contribution in [0.5, 0.6) is 0 Å². The number of nitrogens with zero attached hydrogens (tertiary/aromatic N) is 2. The number of hydrogen-bond acceptors (Lipinski definition) is 12. The predicted octanol–water partition coefficient (Wildman–Crippen LogP) is -1.55. The Morgan fingerprint density at radius 2 is 1.41 bits per heavy atom. The van der Waals surface area contributed by atoms with Crippen molar-refractivity contribution < 1.29 is 43.2 Å². The number of benzene rings is 3. The van der Waals surface area contributed by atoms with E-state index in [2.05, 4.69) is 62.5 Å². The summed E-state index contributed by atoms with van der Waals surface area (Å²) in [6.45, 7) is 1.48. The number of aromatic nitrogens is 3. The zero-order chi connectivity index (χ0) is 56.1. The quantitative estimate of drug-likeness (QED) is 0.0286. The first kappa shape index (κ1) is 58.4. The molecule has 0 spiro atoms. The van der Waals surface area contributed by atoms with Crippen LogP contribution in [0.1, 0.15) is 75.1 Å². The van der Waals surface area contributed by atoms with Gasteiger partial charge in [-0.05, 0) is 79.5 Å². The highest BCUT2D eigenvalue weighted by molar-refractivity contribution is 5.99. The third-order valence-corrected chi connectivity index (χ3v) is 13.1. The van der Waals surface area contributed by atoms with Gasteiger partial charge in [0.2, 0.25) is 53.2 Å². The Kier molecular flexibility index (Phi) is 21.6. The zero-order valence-corrected chi connectivity index (χ0v) is 43.4. The average molecular weight is 1080 g/mol. The van der Waals surface area contributed by atoms with Gasteiger partial charge in [0.25, 0.3) is 0 Å². The van der Waals surface area contributed by atoms with Gasteiger partial charge in [0.15, 0.2) is 5.96 Å². The number of imidazole rings is 1. The van der Waals surface area contributed by atoms with Crippen molar-refractivity contribution in [2.75, 3.05) is 19.6 Å². The van der Waals surface area contributed by atoms with Crippen LogP contribution in [0.15, 0.2) is 90.4 Å². The molecule has 3 aromatic carbocycles. The lowest BCUT2D eigenvalue weighted by Crippen LogP contribution is -2.61. The molecule has 0 radical (unpaired) electrons. The number of H-pyrrole nitrogens is 2. The topological polar surface area (TPSA) is 411 Å². The van der Waals surface area contributed by atoms with Crippen LogP contribution in [-0.4, -0.2) is 136 Å². The predicted molar refractivity (Wildman–Crippen MR) is 290 cm³/mol. The van der Waals surface area contributed by atoms with E-state index in [1.807, 2.05) is 60.7 Å². The molecule has 0 aliphatic carbocycles. The normalized spacial score (nSPS) is 20.9. The van der Waals surface area contributed by atoms with Gasteiger partial charge in [-0.3, -0.25) is 48.1 Å². The lowest BCUT2D eigenvalue weighted by Gasteiger charge is -2.28. The summed E-state index contributed by atoms with van der Waals surface area (Å²) in [4.78, 5) is 140. The molecular formula is C53H70N16O9. The third-order valence-electron chi connectivity index (χ3n) is 13.1. The van der Waals surface area contributed by atoms with Crippen molar-refractivity contribution in [2.45, 2.75) is 120 Å². The number of nitrogens with two attached hydrogens (primary N) is 4. The van der Waals surface area contributed by atoms with Gasteiger partial charge in [-0.2, -0.15) is 0 Å². The number of aromatic amines is 2. The van der Waals surface area contributed by atoms with Gasteiger partial charge in [0.05, 0.1) is 12.7 Å². The van der Waals surface area contributed by atoms with Crippen molar-refractivity contribution in [1.29, 1.82) is 0 Å². The maximum atomic E-state index is 14.9. The van der Waals surface area contributed by atoms with Gasteiger partial charge in [-0.1, -0.05) is 60.7 Å². The Labute approximate surface area is 449 Å². The number of hydrogen-bond donors (Lipinski definition) is 14. The molecule has 2 aromatic heterocycles. The van der Waals surface area contributed by atoms with E-state index in [4.69, 9.17) is 22.9 Å². The fraction of sp³-hybridized carbons (Fsp3) is 0.415. The van der Waals surface area contributed by atoms with Crippen molar-refractivity contribution in [2.24, 2.45) is 27.9 Å². The molecule has 416 valence electrons. The van der Waals surface area contributed by atoms with Crippen LogP contribution in [0.25, 0.3) is 21.7 Å². The second-order valence-electron chi connectivity index (χ2n) is 19.2. The molecular weight excluding hydrogens is 1000 g/mol. The molecule has 1 fully saturated rings. The number of nitrogens with one attached hydrogen (secondary N) is 10. The summed E-state index contributed by atoms with van der Waals surface area (Å²) in [6.07, 6.45) is 4.50. The molecule has 0 bridgehead atoms. The number of carbonyl (C=O) groups excluding carboxylic acids is 9. The first-order valence-electron chi connectivity index (χ1n) is 25.9. The fourth-order valence-electron chi connectivity index (χ4n) is 9.06. The summed E-state index contributed by atoms with van der Waals surface area (Å²) in [5, 5.41) is 24.1. The molecule has 25 heteroatoms. The Morgan fingerprint density at radius 1 is 0.744 bits per heavy atom. The lowest BCUT2D eigenvalue weighted by atomic mass is 9.99. The van der Waals surface area contributed by atoms with E-state index in [1.54, 1.807) is 12.3 Å². The van der Waals surface area contributed by atoms with Crippen LogP contribution in [0.4, 0.5) is 0 Å². The van der Waals surface area contributed by atoms with E-state index in [9.17, 15) is 43.2 Å². The number of para-hydroxylation sites is 1.